The number of ether oxygens (including phenoxy) is 2. The molecule has 0 unspecified atom stereocenters. The molecule has 51 heavy (non-hydrogen) atoms. The van der Waals surface area contributed by atoms with E-state index in [2.05, 4.69) is 108 Å². The molecule has 0 bridgehead atoms. The van der Waals surface area contributed by atoms with Crippen molar-refractivity contribution in [2.24, 2.45) is 0 Å². The second kappa shape index (κ2) is 17.6. The van der Waals surface area contributed by atoms with E-state index in [1.54, 1.807) is 0 Å². The largest absolute Gasteiger partial charge is 0.488 e. The number of hydrogen-bond donors (Lipinski definition) is 1. The average Bonchev–Trinajstić information content (AvgIpc) is 3.86. The molecule has 258 valence electrons. The molecule has 1 aliphatic heterocycles. The van der Waals surface area contributed by atoms with Gasteiger partial charge in [-0.15, -0.1) is 6.58 Å². The van der Waals surface area contributed by atoms with E-state index in [9.17, 15) is 0 Å². The van der Waals surface area contributed by atoms with Gasteiger partial charge in [-0.25, -0.2) is 0 Å². The van der Waals surface area contributed by atoms with Gasteiger partial charge in [0.1, 0.15) is 18.1 Å². The molecule has 7 aromatic rings. The molecule has 0 aliphatic carbocycles. The molecule has 0 atom stereocenters. The lowest BCUT2D eigenvalue weighted by atomic mass is 10.1. The first-order valence-electron chi connectivity index (χ1n) is 17.7. The minimum atomic E-state index is 0.578. The number of rotatable bonds is 6. The van der Waals surface area contributed by atoms with Crippen molar-refractivity contribution in [2.75, 3.05) is 6.61 Å². The van der Waals surface area contributed by atoms with Crippen LogP contribution in [0.2, 0.25) is 0 Å². The Hall–Kier alpha value is -6.00. The molecular formula is C47H48N2O2. The van der Waals surface area contributed by atoms with Gasteiger partial charge in [0.15, 0.2) is 0 Å². The Balaban J connectivity index is 0.000000265. The number of H-pyrrole nitrogens is 1. The molecule has 4 nitrogen and oxygen atoms in total. The monoisotopic (exact) mass is 672 g/mol. The topological polar surface area (TPSA) is 39.2 Å². The first-order valence-corrected chi connectivity index (χ1v) is 17.7. The smallest absolute Gasteiger partial charge is 0.129 e. The maximum Gasteiger partial charge on any atom is 0.129 e. The second-order valence-electron chi connectivity index (χ2n) is 11.8. The van der Waals surface area contributed by atoms with Crippen LogP contribution in [0.25, 0.3) is 54.9 Å². The quantitative estimate of drug-likeness (QED) is 0.141. The molecule has 2 aromatic heterocycles. The average molecular weight is 673 g/mol. The van der Waals surface area contributed by atoms with Gasteiger partial charge in [-0.3, -0.25) is 0 Å². The predicted molar refractivity (Wildman–Crippen MR) is 222 cm³/mol. The lowest BCUT2D eigenvalue weighted by molar-refractivity contribution is 0.388. The van der Waals surface area contributed by atoms with Gasteiger partial charge in [0.2, 0.25) is 0 Å². The van der Waals surface area contributed by atoms with Gasteiger partial charge in [-0.2, -0.15) is 0 Å². The summed E-state index contributed by atoms with van der Waals surface area (Å²) >= 11 is 0. The van der Waals surface area contributed by atoms with Gasteiger partial charge < -0.3 is 19.0 Å². The van der Waals surface area contributed by atoms with E-state index in [4.69, 9.17) is 9.47 Å². The Morgan fingerprint density at radius 1 is 0.765 bits per heavy atom. The predicted octanol–water partition coefficient (Wildman–Crippen LogP) is 13.4. The molecule has 4 heteroatoms. The first kappa shape index (κ1) is 36.3. The van der Waals surface area contributed by atoms with Gasteiger partial charge in [0.05, 0.1) is 17.3 Å². The number of hydrogen-bond acceptors (Lipinski definition) is 2. The normalized spacial score (nSPS) is 12.8. The Kier molecular flexibility index (Phi) is 12.5. The molecule has 1 N–H and O–H groups in total. The zero-order valence-corrected chi connectivity index (χ0v) is 30.4. The van der Waals surface area contributed by atoms with Crippen LogP contribution in [-0.2, 0) is 0 Å². The summed E-state index contributed by atoms with van der Waals surface area (Å²) in [7, 11) is 0. The van der Waals surface area contributed by atoms with E-state index in [-0.39, 0.29) is 0 Å². The van der Waals surface area contributed by atoms with Crippen molar-refractivity contribution < 1.29 is 9.47 Å². The van der Waals surface area contributed by atoms with E-state index < -0.39 is 0 Å². The number of allylic oxidation sites excluding steroid dienone is 6. The molecule has 1 aliphatic rings. The number of nitrogens with zero attached hydrogens (tertiary/aromatic N) is 1. The number of fused-ring (bicyclic) bond motifs is 7. The van der Waals surface area contributed by atoms with Gasteiger partial charge in [0.25, 0.3) is 0 Å². The maximum atomic E-state index is 5.97. The Morgan fingerprint density at radius 3 is 2.20 bits per heavy atom. The van der Waals surface area contributed by atoms with E-state index in [0.717, 1.165) is 45.8 Å². The van der Waals surface area contributed by atoms with Crippen LogP contribution >= 0.6 is 0 Å². The van der Waals surface area contributed by atoms with Crippen LogP contribution in [0.3, 0.4) is 0 Å². The van der Waals surface area contributed by atoms with Crippen molar-refractivity contribution in [2.45, 2.75) is 41.0 Å². The minimum absolute atomic E-state index is 0.578. The maximum absolute atomic E-state index is 5.97. The summed E-state index contributed by atoms with van der Waals surface area (Å²) in [6.45, 7) is 18.0. The summed E-state index contributed by atoms with van der Waals surface area (Å²) in [4.78, 5) is 3.63. The third kappa shape index (κ3) is 7.92. The van der Waals surface area contributed by atoms with Crippen LogP contribution in [-0.4, -0.2) is 16.2 Å². The van der Waals surface area contributed by atoms with E-state index >= 15 is 0 Å². The molecule has 0 radical (unpaired) electrons. The highest BCUT2D eigenvalue weighted by molar-refractivity contribution is 6.18. The van der Waals surface area contributed by atoms with Crippen LogP contribution < -0.4 is 9.47 Å². The number of para-hydroxylation sites is 4. The number of benzene rings is 5. The SMILES string of the molecule is C/C=C\C.C=CCC=C(/C=C1\COc2ccccc21)n1c2ccccc2c2cc3c(cc21)[nH]c1ccccc13.C=COc1ccccc1C.CC. The molecule has 0 spiro atoms. The summed E-state index contributed by atoms with van der Waals surface area (Å²) in [5.74, 6) is 1.82. The number of nitrogens with one attached hydrogen (secondary N) is 1. The second-order valence-corrected chi connectivity index (χ2v) is 11.8. The zero-order valence-electron chi connectivity index (χ0n) is 30.4. The summed E-state index contributed by atoms with van der Waals surface area (Å²) in [6, 6.07) is 37.9. The van der Waals surface area contributed by atoms with E-state index in [1.165, 1.54) is 44.4 Å². The van der Waals surface area contributed by atoms with Crippen molar-refractivity contribution in [3.05, 3.63) is 170 Å². The molecule has 3 heterocycles. The van der Waals surface area contributed by atoms with Crippen molar-refractivity contribution in [3.8, 4) is 11.5 Å². The van der Waals surface area contributed by atoms with Crippen molar-refractivity contribution in [1.29, 1.82) is 0 Å². The standard InChI is InChI=1S/C32H24N2O.C9H10O.C4H8.C2H6/c1-2-3-10-22(17-21-20-35-32-16-9-6-11-23(21)32)34-30-15-8-5-13-25(30)27-18-26-24-12-4-7-14-28(24)33-29(26)19-31(27)34;1-3-10-9-7-5-4-6-8(9)2;1-3-4-2;1-2/h2,4-19,33H,1,3,20H2;3-7H,1H2,2H3;3-4H,1-2H3;1-2H3/b21-17+,22-10?;;4-3-;. The number of aromatic amines is 1. The lowest BCUT2D eigenvalue weighted by Crippen LogP contribution is -1.97. The highest BCUT2D eigenvalue weighted by Gasteiger charge is 2.20. The van der Waals surface area contributed by atoms with Gasteiger partial charge in [0, 0.05) is 49.4 Å². The fourth-order valence-electron chi connectivity index (χ4n) is 6.18. The molecule has 8 rings (SSSR count). The molecule has 0 saturated carbocycles. The number of aromatic nitrogens is 2. The van der Waals surface area contributed by atoms with Crippen molar-refractivity contribution in [3.63, 3.8) is 0 Å². The molecule has 0 amide bonds. The third-order valence-electron chi connectivity index (χ3n) is 8.63. The van der Waals surface area contributed by atoms with Crippen LogP contribution in [0.1, 0.15) is 45.2 Å². The highest BCUT2D eigenvalue weighted by Crippen LogP contribution is 2.39. The van der Waals surface area contributed by atoms with Gasteiger partial charge in [-0.1, -0.05) is 118 Å². The fraction of sp³-hybridized carbons (Fsp3) is 0.149. The minimum Gasteiger partial charge on any atom is -0.488 e. The Morgan fingerprint density at radius 2 is 1.45 bits per heavy atom. The number of aryl methyl sites for hydroxylation is 1. The Bertz CT molecular complexity index is 2360. The van der Waals surface area contributed by atoms with Gasteiger partial charge >= 0.3 is 0 Å². The van der Waals surface area contributed by atoms with Crippen LogP contribution in [0.5, 0.6) is 11.5 Å². The molecular weight excluding hydrogens is 625 g/mol. The zero-order chi connectivity index (χ0) is 36.2. The summed E-state index contributed by atoms with van der Waals surface area (Å²) in [5.41, 5.74) is 9.29. The Labute approximate surface area is 302 Å². The van der Waals surface area contributed by atoms with E-state index in [0.29, 0.717) is 6.61 Å². The summed E-state index contributed by atoms with van der Waals surface area (Å²) in [5, 5.41) is 5.01. The van der Waals surface area contributed by atoms with Crippen LogP contribution in [0.15, 0.2) is 159 Å². The first-order chi connectivity index (χ1) is 25.1. The summed E-state index contributed by atoms with van der Waals surface area (Å²) in [6.07, 6.45) is 12.7. The molecule has 5 aromatic carbocycles. The van der Waals surface area contributed by atoms with Gasteiger partial charge in [-0.05, 0) is 75.2 Å². The lowest BCUT2D eigenvalue weighted by Gasteiger charge is -2.11. The van der Waals surface area contributed by atoms with Crippen LogP contribution in [0.4, 0.5) is 0 Å². The fourth-order valence-corrected chi connectivity index (χ4v) is 6.18. The summed E-state index contributed by atoms with van der Waals surface area (Å²) < 4.78 is 13.5. The molecule has 0 fully saturated rings. The third-order valence-corrected chi connectivity index (χ3v) is 8.63. The van der Waals surface area contributed by atoms with E-state index in [1.807, 2.05) is 89.2 Å². The highest BCUT2D eigenvalue weighted by atomic mass is 16.5. The van der Waals surface area contributed by atoms with Crippen molar-refractivity contribution >= 4 is 54.9 Å². The van der Waals surface area contributed by atoms with Crippen molar-refractivity contribution in [1.82, 2.24) is 9.55 Å². The van der Waals surface area contributed by atoms with Crippen LogP contribution in [0, 0.1) is 6.92 Å². The molecule has 0 saturated heterocycles.